The van der Waals surface area contributed by atoms with Gasteiger partial charge >= 0.3 is 5.97 Å². The smallest absolute Gasteiger partial charge is 0.306 e. The van der Waals surface area contributed by atoms with Gasteiger partial charge in [0.1, 0.15) is 0 Å². The van der Waals surface area contributed by atoms with Gasteiger partial charge in [0.15, 0.2) is 0 Å². The minimum absolute atomic E-state index is 0.0508. The number of hydrogen-bond acceptors (Lipinski definition) is 2. The normalized spacial score (nSPS) is 33.5. The summed E-state index contributed by atoms with van der Waals surface area (Å²) in [7, 11) is 0. The number of fused-ring (bicyclic) bond motifs is 2. The van der Waals surface area contributed by atoms with Gasteiger partial charge in [0, 0.05) is 25.0 Å². The lowest BCUT2D eigenvalue weighted by Gasteiger charge is -2.49. The first kappa shape index (κ1) is 8.97. The fraction of sp³-hybridized carbons (Fsp3) is 0.545. The molecule has 1 aromatic rings. The van der Waals surface area contributed by atoms with Crippen molar-refractivity contribution in [2.75, 3.05) is 6.54 Å². The van der Waals surface area contributed by atoms with E-state index in [1.807, 2.05) is 6.07 Å². The summed E-state index contributed by atoms with van der Waals surface area (Å²) < 4.78 is 2.23. The summed E-state index contributed by atoms with van der Waals surface area (Å²) in [4.78, 5) is 10.8. The van der Waals surface area contributed by atoms with Gasteiger partial charge in [-0.1, -0.05) is 0 Å². The molecular formula is C11H14N2O2. The van der Waals surface area contributed by atoms with Gasteiger partial charge in [-0.2, -0.15) is 0 Å². The summed E-state index contributed by atoms with van der Waals surface area (Å²) >= 11 is 0. The van der Waals surface area contributed by atoms with Crippen LogP contribution in [0.5, 0.6) is 0 Å². The topological polar surface area (TPSA) is 54.3 Å². The molecule has 80 valence electrons. The highest BCUT2D eigenvalue weighted by molar-refractivity contribution is 5.72. The molecular weight excluding hydrogens is 192 g/mol. The number of carbonyl (C=O) groups is 1. The van der Waals surface area contributed by atoms with Crippen LogP contribution in [0.25, 0.3) is 0 Å². The molecule has 0 aromatic carbocycles. The van der Waals surface area contributed by atoms with E-state index < -0.39 is 5.97 Å². The second-order valence-electron chi connectivity index (χ2n) is 4.54. The van der Waals surface area contributed by atoms with Gasteiger partial charge in [0.25, 0.3) is 0 Å². The van der Waals surface area contributed by atoms with Crippen LogP contribution in [-0.4, -0.2) is 22.2 Å². The minimum atomic E-state index is -0.661. The Labute approximate surface area is 87.9 Å². The zero-order chi connectivity index (χ0) is 10.5. The van der Waals surface area contributed by atoms with Gasteiger partial charge in [0.05, 0.1) is 11.5 Å². The van der Waals surface area contributed by atoms with Crippen molar-refractivity contribution < 1.29 is 9.90 Å². The average Bonchev–Trinajstić information content (AvgIpc) is 2.60. The molecule has 0 atom stereocenters. The molecule has 3 rings (SSSR count). The van der Waals surface area contributed by atoms with Crippen molar-refractivity contribution >= 4 is 5.97 Å². The van der Waals surface area contributed by atoms with Crippen LogP contribution in [0, 0.1) is 5.92 Å². The van der Waals surface area contributed by atoms with Crippen LogP contribution in [0.4, 0.5) is 0 Å². The first-order chi connectivity index (χ1) is 7.21. The van der Waals surface area contributed by atoms with Gasteiger partial charge in [-0.3, -0.25) is 4.79 Å². The maximum Gasteiger partial charge on any atom is 0.306 e. The summed E-state index contributed by atoms with van der Waals surface area (Å²) in [5.41, 5.74) is 1.20. The molecule has 0 bridgehead atoms. The molecule has 2 aliphatic rings. The largest absolute Gasteiger partial charge is 0.481 e. The SMILES string of the molecule is O=C(O)C1CC2(C1)NCCn1cccc12. The molecule has 2 N–H and O–H groups in total. The summed E-state index contributed by atoms with van der Waals surface area (Å²) in [6.45, 7) is 1.93. The van der Waals surface area contributed by atoms with E-state index in [-0.39, 0.29) is 11.5 Å². The van der Waals surface area contributed by atoms with E-state index in [0.29, 0.717) is 0 Å². The molecule has 1 aromatic heterocycles. The van der Waals surface area contributed by atoms with Crippen LogP contribution in [0.1, 0.15) is 18.5 Å². The predicted octanol–water partition coefficient (Wildman–Crippen LogP) is 0.781. The van der Waals surface area contributed by atoms with Crippen molar-refractivity contribution in [1.82, 2.24) is 9.88 Å². The van der Waals surface area contributed by atoms with Crippen molar-refractivity contribution in [2.24, 2.45) is 5.92 Å². The van der Waals surface area contributed by atoms with Gasteiger partial charge in [-0.05, 0) is 25.0 Å². The quantitative estimate of drug-likeness (QED) is 0.714. The number of aliphatic carboxylic acids is 1. The fourth-order valence-electron chi connectivity index (χ4n) is 2.86. The third-order valence-electron chi connectivity index (χ3n) is 3.67. The van der Waals surface area contributed by atoms with Gasteiger partial charge in [0.2, 0.25) is 0 Å². The molecule has 0 amide bonds. The Morgan fingerprint density at radius 3 is 3.13 bits per heavy atom. The maximum absolute atomic E-state index is 10.8. The highest BCUT2D eigenvalue weighted by Crippen LogP contribution is 2.46. The molecule has 1 saturated carbocycles. The molecule has 1 aliphatic carbocycles. The zero-order valence-corrected chi connectivity index (χ0v) is 8.44. The Hall–Kier alpha value is -1.29. The molecule has 1 spiro atoms. The third kappa shape index (κ3) is 1.14. The van der Waals surface area contributed by atoms with Crippen molar-refractivity contribution in [3.63, 3.8) is 0 Å². The van der Waals surface area contributed by atoms with E-state index in [9.17, 15) is 4.79 Å². The van der Waals surface area contributed by atoms with E-state index >= 15 is 0 Å². The number of aromatic nitrogens is 1. The van der Waals surface area contributed by atoms with E-state index in [0.717, 1.165) is 25.9 Å². The summed E-state index contributed by atoms with van der Waals surface area (Å²) in [6, 6.07) is 4.14. The number of carboxylic acids is 1. The van der Waals surface area contributed by atoms with Crippen LogP contribution in [0.15, 0.2) is 18.3 Å². The van der Waals surface area contributed by atoms with Gasteiger partial charge < -0.3 is 15.0 Å². The number of nitrogens with zero attached hydrogens (tertiary/aromatic N) is 1. The lowest BCUT2D eigenvalue weighted by atomic mass is 9.66. The number of nitrogens with one attached hydrogen (secondary N) is 1. The molecule has 1 fully saturated rings. The fourth-order valence-corrected chi connectivity index (χ4v) is 2.86. The predicted molar refractivity (Wildman–Crippen MR) is 54.5 cm³/mol. The minimum Gasteiger partial charge on any atom is -0.481 e. The van der Waals surface area contributed by atoms with Crippen molar-refractivity contribution in [3.05, 3.63) is 24.0 Å². The molecule has 1 aliphatic heterocycles. The van der Waals surface area contributed by atoms with Crippen LogP contribution >= 0.6 is 0 Å². The standard InChI is InChI=1S/C11H14N2O2/c14-10(15)8-6-11(7-8)9-2-1-4-13(9)5-3-12-11/h1-2,4,8,12H,3,5-7H2,(H,14,15). The molecule has 0 saturated heterocycles. The van der Waals surface area contributed by atoms with Crippen molar-refractivity contribution in [1.29, 1.82) is 0 Å². The summed E-state index contributed by atoms with van der Waals surface area (Å²) in [5.74, 6) is -0.829. The third-order valence-corrected chi connectivity index (χ3v) is 3.67. The number of carboxylic acid groups (broad SMARTS) is 1. The van der Waals surface area contributed by atoms with E-state index in [4.69, 9.17) is 5.11 Å². The van der Waals surface area contributed by atoms with Gasteiger partial charge in [-0.25, -0.2) is 0 Å². The molecule has 4 nitrogen and oxygen atoms in total. The molecule has 0 radical (unpaired) electrons. The molecule has 15 heavy (non-hydrogen) atoms. The lowest BCUT2D eigenvalue weighted by Crippen LogP contribution is -2.58. The number of hydrogen-bond donors (Lipinski definition) is 2. The maximum atomic E-state index is 10.8. The summed E-state index contributed by atoms with van der Waals surface area (Å²) in [6.07, 6.45) is 3.53. The Kier molecular flexibility index (Phi) is 1.71. The highest BCUT2D eigenvalue weighted by atomic mass is 16.4. The average molecular weight is 206 g/mol. The van der Waals surface area contributed by atoms with Crippen LogP contribution in [0.3, 0.4) is 0 Å². The Morgan fingerprint density at radius 2 is 2.40 bits per heavy atom. The lowest BCUT2D eigenvalue weighted by molar-refractivity contribution is -0.148. The molecule has 4 heteroatoms. The van der Waals surface area contributed by atoms with Gasteiger partial charge in [-0.15, -0.1) is 0 Å². The zero-order valence-electron chi connectivity index (χ0n) is 8.44. The molecule has 2 heterocycles. The van der Waals surface area contributed by atoms with E-state index in [2.05, 4.69) is 22.1 Å². The second kappa shape index (κ2) is 2.85. The number of rotatable bonds is 1. The monoisotopic (exact) mass is 206 g/mol. The second-order valence-corrected chi connectivity index (χ2v) is 4.54. The Balaban J connectivity index is 1.89. The van der Waals surface area contributed by atoms with E-state index in [1.54, 1.807) is 0 Å². The summed E-state index contributed by atoms with van der Waals surface area (Å²) in [5, 5.41) is 12.4. The van der Waals surface area contributed by atoms with Crippen LogP contribution < -0.4 is 5.32 Å². The van der Waals surface area contributed by atoms with Crippen molar-refractivity contribution in [2.45, 2.75) is 24.9 Å². The van der Waals surface area contributed by atoms with Crippen LogP contribution in [0.2, 0.25) is 0 Å². The van der Waals surface area contributed by atoms with Crippen LogP contribution in [-0.2, 0) is 16.9 Å². The first-order valence-electron chi connectivity index (χ1n) is 5.35. The Bertz CT molecular complexity index is 404. The molecule has 0 unspecified atom stereocenters. The van der Waals surface area contributed by atoms with Crippen molar-refractivity contribution in [3.8, 4) is 0 Å². The Morgan fingerprint density at radius 1 is 1.60 bits per heavy atom. The first-order valence-corrected chi connectivity index (χ1v) is 5.35. The van der Waals surface area contributed by atoms with E-state index in [1.165, 1.54) is 5.69 Å². The highest BCUT2D eigenvalue weighted by Gasteiger charge is 2.50.